The lowest BCUT2D eigenvalue weighted by atomic mass is 9.88. The molecule has 1 aliphatic heterocycles. The summed E-state index contributed by atoms with van der Waals surface area (Å²) < 4.78 is 10.3. The van der Waals surface area contributed by atoms with Crippen LogP contribution in [0, 0.1) is 11.8 Å². The first-order valence-corrected chi connectivity index (χ1v) is 5.67. The summed E-state index contributed by atoms with van der Waals surface area (Å²) in [6.45, 7) is 3.29. The van der Waals surface area contributed by atoms with Crippen LogP contribution < -0.4 is 9.47 Å². The van der Waals surface area contributed by atoms with Crippen molar-refractivity contribution in [2.45, 2.75) is 13.8 Å². The number of carboxylic acids is 1. The number of hydrogen-bond acceptors (Lipinski definition) is 4. The first-order chi connectivity index (χ1) is 8.50. The molecule has 0 aromatic heterocycles. The standard InChI is InChI=1S/C13H14O5/c1-7(8(2)13(15)16)12(14)9-3-4-10-11(5-9)18-6-17-10/h3-5,7-8H,6H2,1-2H3,(H,15,16). The third-order valence-corrected chi connectivity index (χ3v) is 3.21. The quantitative estimate of drug-likeness (QED) is 0.827. The van der Waals surface area contributed by atoms with Crippen LogP contribution in [0.3, 0.4) is 0 Å². The summed E-state index contributed by atoms with van der Waals surface area (Å²) in [5.41, 5.74) is 0.444. The van der Waals surface area contributed by atoms with Crippen LogP contribution in [0.2, 0.25) is 0 Å². The van der Waals surface area contributed by atoms with Crippen molar-refractivity contribution in [2.24, 2.45) is 11.8 Å². The number of ketones is 1. The second-order valence-corrected chi connectivity index (χ2v) is 4.35. The van der Waals surface area contributed by atoms with Crippen LogP contribution in [0.5, 0.6) is 11.5 Å². The number of Topliss-reactive ketones (excluding diaryl/α,β-unsaturated/α-hetero) is 1. The Labute approximate surface area is 104 Å². The molecular weight excluding hydrogens is 236 g/mol. The van der Waals surface area contributed by atoms with Crippen molar-refractivity contribution < 1.29 is 24.2 Å². The number of aliphatic carboxylic acids is 1. The van der Waals surface area contributed by atoms with E-state index >= 15 is 0 Å². The van der Waals surface area contributed by atoms with Crippen LogP contribution in [0.15, 0.2) is 18.2 Å². The normalized spacial score (nSPS) is 16.1. The zero-order chi connectivity index (χ0) is 13.3. The van der Waals surface area contributed by atoms with E-state index in [4.69, 9.17) is 14.6 Å². The van der Waals surface area contributed by atoms with E-state index in [0.29, 0.717) is 17.1 Å². The van der Waals surface area contributed by atoms with Crippen molar-refractivity contribution in [3.8, 4) is 11.5 Å². The number of benzene rings is 1. The molecule has 1 N–H and O–H groups in total. The minimum Gasteiger partial charge on any atom is -0.481 e. The van der Waals surface area contributed by atoms with Crippen molar-refractivity contribution in [2.75, 3.05) is 6.79 Å². The molecule has 2 rings (SSSR count). The van der Waals surface area contributed by atoms with Gasteiger partial charge in [0.15, 0.2) is 17.3 Å². The zero-order valence-corrected chi connectivity index (χ0v) is 10.2. The Morgan fingerprint density at radius 3 is 2.50 bits per heavy atom. The number of hydrogen-bond donors (Lipinski definition) is 1. The molecule has 0 saturated carbocycles. The molecular formula is C13H14O5. The number of fused-ring (bicyclic) bond motifs is 1. The van der Waals surface area contributed by atoms with Gasteiger partial charge in [0.25, 0.3) is 0 Å². The third kappa shape index (κ3) is 2.16. The van der Waals surface area contributed by atoms with Gasteiger partial charge in [-0.3, -0.25) is 9.59 Å². The molecule has 1 aliphatic rings. The van der Waals surface area contributed by atoms with Gasteiger partial charge in [-0.25, -0.2) is 0 Å². The van der Waals surface area contributed by atoms with Crippen LogP contribution in [0.4, 0.5) is 0 Å². The fourth-order valence-corrected chi connectivity index (χ4v) is 1.75. The Morgan fingerprint density at radius 1 is 1.17 bits per heavy atom. The molecule has 1 heterocycles. The summed E-state index contributed by atoms with van der Waals surface area (Å²) in [5, 5.41) is 8.91. The maximum atomic E-state index is 12.1. The predicted octanol–water partition coefficient (Wildman–Crippen LogP) is 1.95. The highest BCUT2D eigenvalue weighted by Gasteiger charge is 2.27. The van der Waals surface area contributed by atoms with Crippen molar-refractivity contribution in [3.63, 3.8) is 0 Å². The molecule has 96 valence electrons. The summed E-state index contributed by atoms with van der Waals surface area (Å²) in [6.07, 6.45) is 0. The van der Waals surface area contributed by atoms with E-state index in [-0.39, 0.29) is 12.6 Å². The molecule has 0 saturated heterocycles. The second-order valence-electron chi connectivity index (χ2n) is 4.35. The lowest BCUT2D eigenvalue weighted by molar-refractivity contribution is -0.142. The smallest absolute Gasteiger partial charge is 0.306 e. The van der Waals surface area contributed by atoms with Crippen LogP contribution in [0.25, 0.3) is 0 Å². The van der Waals surface area contributed by atoms with Gasteiger partial charge in [0.1, 0.15) is 0 Å². The van der Waals surface area contributed by atoms with Gasteiger partial charge in [-0.2, -0.15) is 0 Å². The molecule has 0 amide bonds. The van der Waals surface area contributed by atoms with E-state index in [0.717, 1.165) is 0 Å². The van der Waals surface area contributed by atoms with Crippen molar-refractivity contribution in [1.82, 2.24) is 0 Å². The van der Waals surface area contributed by atoms with Gasteiger partial charge >= 0.3 is 5.97 Å². The van der Waals surface area contributed by atoms with Gasteiger partial charge in [-0.15, -0.1) is 0 Å². The highest BCUT2D eigenvalue weighted by molar-refractivity contribution is 6.00. The Hall–Kier alpha value is -2.04. The van der Waals surface area contributed by atoms with Crippen LogP contribution in [-0.2, 0) is 4.79 Å². The monoisotopic (exact) mass is 250 g/mol. The molecule has 0 radical (unpaired) electrons. The molecule has 0 fully saturated rings. The minimum absolute atomic E-state index is 0.147. The number of carboxylic acid groups (broad SMARTS) is 1. The van der Waals surface area contributed by atoms with E-state index in [1.54, 1.807) is 25.1 Å². The summed E-state index contributed by atoms with van der Waals surface area (Å²) in [6, 6.07) is 4.88. The molecule has 18 heavy (non-hydrogen) atoms. The van der Waals surface area contributed by atoms with Gasteiger partial charge in [0, 0.05) is 11.5 Å². The van der Waals surface area contributed by atoms with Crippen molar-refractivity contribution in [1.29, 1.82) is 0 Å². The summed E-state index contributed by atoms with van der Waals surface area (Å²) in [4.78, 5) is 23.0. The van der Waals surface area contributed by atoms with E-state index in [1.165, 1.54) is 6.92 Å². The highest BCUT2D eigenvalue weighted by atomic mass is 16.7. The Morgan fingerprint density at radius 2 is 1.83 bits per heavy atom. The molecule has 1 aromatic carbocycles. The summed E-state index contributed by atoms with van der Waals surface area (Å²) >= 11 is 0. The lowest BCUT2D eigenvalue weighted by Gasteiger charge is -2.14. The Kier molecular flexibility index (Phi) is 3.23. The molecule has 2 unspecified atom stereocenters. The van der Waals surface area contributed by atoms with Crippen LogP contribution in [-0.4, -0.2) is 23.7 Å². The van der Waals surface area contributed by atoms with Crippen molar-refractivity contribution in [3.05, 3.63) is 23.8 Å². The molecule has 5 heteroatoms. The van der Waals surface area contributed by atoms with Crippen LogP contribution in [0.1, 0.15) is 24.2 Å². The average molecular weight is 250 g/mol. The fraction of sp³-hybridized carbons (Fsp3) is 0.385. The van der Waals surface area contributed by atoms with E-state index < -0.39 is 17.8 Å². The molecule has 0 aliphatic carbocycles. The largest absolute Gasteiger partial charge is 0.481 e. The number of ether oxygens (including phenoxy) is 2. The molecule has 1 aromatic rings. The highest BCUT2D eigenvalue weighted by Crippen LogP contribution is 2.33. The summed E-state index contributed by atoms with van der Waals surface area (Å²) in [5.74, 6) is -1.35. The first-order valence-electron chi connectivity index (χ1n) is 5.67. The topological polar surface area (TPSA) is 72.8 Å². The molecule has 0 bridgehead atoms. The maximum absolute atomic E-state index is 12.1. The SMILES string of the molecule is CC(C(=O)O)C(C)C(=O)c1ccc2c(c1)OCO2. The molecule has 0 spiro atoms. The summed E-state index contributed by atoms with van der Waals surface area (Å²) in [7, 11) is 0. The van der Waals surface area contributed by atoms with Gasteiger partial charge in [-0.05, 0) is 18.2 Å². The van der Waals surface area contributed by atoms with Gasteiger partial charge < -0.3 is 14.6 Å². The number of carbonyl (C=O) groups is 2. The van der Waals surface area contributed by atoms with Gasteiger partial charge in [0.05, 0.1) is 5.92 Å². The molecule has 5 nitrogen and oxygen atoms in total. The molecule has 2 atom stereocenters. The van der Waals surface area contributed by atoms with E-state index in [2.05, 4.69) is 0 Å². The second kappa shape index (κ2) is 4.68. The number of carbonyl (C=O) groups excluding carboxylic acids is 1. The fourth-order valence-electron chi connectivity index (χ4n) is 1.75. The predicted molar refractivity (Wildman–Crippen MR) is 62.9 cm³/mol. The number of rotatable bonds is 4. The average Bonchev–Trinajstić information content (AvgIpc) is 2.82. The third-order valence-electron chi connectivity index (χ3n) is 3.21. The Balaban J connectivity index is 2.21. The van der Waals surface area contributed by atoms with Crippen molar-refractivity contribution >= 4 is 11.8 Å². The lowest BCUT2D eigenvalue weighted by Crippen LogP contribution is -2.25. The van der Waals surface area contributed by atoms with Crippen LogP contribution >= 0.6 is 0 Å². The maximum Gasteiger partial charge on any atom is 0.306 e. The van der Waals surface area contributed by atoms with E-state index in [1.807, 2.05) is 0 Å². The minimum atomic E-state index is -0.975. The van der Waals surface area contributed by atoms with Gasteiger partial charge in [0.2, 0.25) is 6.79 Å². The Bertz CT molecular complexity index is 494. The van der Waals surface area contributed by atoms with Gasteiger partial charge in [-0.1, -0.05) is 13.8 Å². The first kappa shape index (κ1) is 12.4. The van der Waals surface area contributed by atoms with E-state index in [9.17, 15) is 9.59 Å². The zero-order valence-electron chi connectivity index (χ0n) is 10.2.